The molecule has 0 amide bonds. The molecule has 2 unspecified atom stereocenters. The lowest BCUT2D eigenvalue weighted by molar-refractivity contribution is 0.0971. The maximum Gasteiger partial charge on any atom is 0.117 e. The topological polar surface area (TPSA) is 28.4 Å². The van der Waals surface area contributed by atoms with E-state index in [1.165, 1.54) is 19.3 Å². The molecule has 2 atom stereocenters. The van der Waals surface area contributed by atoms with Gasteiger partial charge in [-0.3, -0.25) is 4.90 Å². The van der Waals surface area contributed by atoms with E-state index in [2.05, 4.69) is 44.0 Å². The lowest BCUT2D eigenvalue weighted by atomic mass is 9.69. The van der Waals surface area contributed by atoms with Crippen molar-refractivity contribution in [1.82, 2.24) is 10.2 Å². The highest BCUT2D eigenvalue weighted by Crippen LogP contribution is 2.39. The number of furan rings is 1. The van der Waals surface area contributed by atoms with Gasteiger partial charge in [0, 0.05) is 12.6 Å². The first kappa shape index (κ1) is 16.6. The first-order valence-corrected chi connectivity index (χ1v) is 8.52. The summed E-state index contributed by atoms with van der Waals surface area (Å²) in [4.78, 5) is 2.52. The first-order valence-electron chi connectivity index (χ1n) is 8.52. The minimum absolute atomic E-state index is 0.487. The van der Waals surface area contributed by atoms with E-state index >= 15 is 0 Å². The molecule has 0 aliphatic heterocycles. The molecule has 0 saturated heterocycles. The molecule has 0 aromatic carbocycles. The van der Waals surface area contributed by atoms with E-state index in [9.17, 15) is 0 Å². The Balaban J connectivity index is 1.97. The van der Waals surface area contributed by atoms with E-state index in [-0.39, 0.29) is 0 Å². The van der Waals surface area contributed by atoms with Crippen LogP contribution in [0.15, 0.2) is 22.8 Å². The second-order valence-electron chi connectivity index (χ2n) is 7.24. The number of hydrogen-bond acceptors (Lipinski definition) is 3. The molecule has 1 aliphatic rings. The maximum atomic E-state index is 5.51. The maximum absolute atomic E-state index is 5.51. The van der Waals surface area contributed by atoms with Gasteiger partial charge >= 0.3 is 0 Å². The van der Waals surface area contributed by atoms with Crippen LogP contribution >= 0.6 is 0 Å². The predicted octanol–water partition coefficient (Wildman–Crippen LogP) is 3.91. The molecule has 3 heteroatoms. The average Bonchev–Trinajstić information content (AvgIpc) is 2.93. The van der Waals surface area contributed by atoms with Gasteiger partial charge in [0.2, 0.25) is 0 Å². The Morgan fingerprint density at radius 3 is 2.81 bits per heavy atom. The molecule has 0 spiro atoms. The third kappa shape index (κ3) is 4.86. The van der Waals surface area contributed by atoms with Gasteiger partial charge in [-0.1, -0.05) is 27.7 Å². The molecular weight excluding hydrogens is 260 g/mol. The number of nitrogens with zero attached hydrogens (tertiary/aromatic N) is 1. The molecule has 1 aliphatic carbocycles. The fourth-order valence-electron chi connectivity index (χ4n) is 3.72. The van der Waals surface area contributed by atoms with Crippen molar-refractivity contribution in [2.75, 3.05) is 19.6 Å². The monoisotopic (exact) mass is 292 g/mol. The molecule has 3 nitrogen and oxygen atoms in total. The summed E-state index contributed by atoms with van der Waals surface area (Å²) in [7, 11) is 0. The van der Waals surface area contributed by atoms with E-state index in [1.54, 1.807) is 6.26 Å². The van der Waals surface area contributed by atoms with Crippen LogP contribution in [0, 0.1) is 11.3 Å². The van der Waals surface area contributed by atoms with Crippen LogP contribution in [-0.4, -0.2) is 30.6 Å². The first-order chi connectivity index (χ1) is 10.0. The van der Waals surface area contributed by atoms with Gasteiger partial charge in [0.05, 0.1) is 12.8 Å². The Morgan fingerprint density at radius 2 is 2.19 bits per heavy atom. The van der Waals surface area contributed by atoms with Crippen molar-refractivity contribution in [1.29, 1.82) is 0 Å². The number of nitrogens with one attached hydrogen (secondary N) is 1. The number of hydrogen-bond donors (Lipinski definition) is 1. The minimum atomic E-state index is 0.487. The lowest BCUT2D eigenvalue weighted by Gasteiger charge is -2.43. The van der Waals surface area contributed by atoms with Crippen LogP contribution in [-0.2, 0) is 6.54 Å². The standard InChI is InChI=1S/C18H32N2O/c1-5-19-17-9-10-18(3,4)12-15(17)13-20(6-2)14-16-8-7-11-21-16/h7-8,11,15,17,19H,5-6,9-10,12-14H2,1-4H3. The molecular formula is C18H32N2O. The van der Waals surface area contributed by atoms with Crippen molar-refractivity contribution in [2.45, 2.75) is 59.5 Å². The van der Waals surface area contributed by atoms with Gasteiger partial charge < -0.3 is 9.73 Å². The van der Waals surface area contributed by atoms with Gasteiger partial charge in [0.1, 0.15) is 5.76 Å². The fourth-order valence-corrected chi connectivity index (χ4v) is 3.72. The van der Waals surface area contributed by atoms with Crippen molar-refractivity contribution in [3.05, 3.63) is 24.2 Å². The highest BCUT2D eigenvalue weighted by Gasteiger charge is 2.35. The molecule has 1 fully saturated rings. The van der Waals surface area contributed by atoms with Crippen LogP contribution in [0.3, 0.4) is 0 Å². The summed E-state index contributed by atoms with van der Waals surface area (Å²) in [6.45, 7) is 13.6. The van der Waals surface area contributed by atoms with Crippen molar-refractivity contribution < 1.29 is 4.42 Å². The van der Waals surface area contributed by atoms with Crippen molar-refractivity contribution in [3.63, 3.8) is 0 Å². The highest BCUT2D eigenvalue weighted by atomic mass is 16.3. The fraction of sp³-hybridized carbons (Fsp3) is 0.778. The third-order valence-electron chi connectivity index (χ3n) is 4.88. The zero-order valence-electron chi connectivity index (χ0n) is 14.2. The summed E-state index contributed by atoms with van der Waals surface area (Å²) in [5.74, 6) is 1.82. The summed E-state index contributed by atoms with van der Waals surface area (Å²) >= 11 is 0. The minimum Gasteiger partial charge on any atom is -0.468 e. The lowest BCUT2D eigenvalue weighted by Crippen LogP contribution is -2.47. The van der Waals surface area contributed by atoms with Gasteiger partial charge in [0.15, 0.2) is 0 Å². The molecule has 0 bridgehead atoms. The Morgan fingerprint density at radius 1 is 1.38 bits per heavy atom. The van der Waals surface area contributed by atoms with Crippen LogP contribution < -0.4 is 5.32 Å². The third-order valence-corrected chi connectivity index (χ3v) is 4.88. The molecule has 21 heavy (non-hydrogen) atoms. The SMILES string of the molecule is CCNC1CCC(C)(C)CC1CN(CC)Cc1ccco1. The average molecular weight is 292 g/mol. The second-order valence-corrected chi connectivity index (χ2v) is 7.24. The molecule has 1 aromatic rings. The summed E-state index contributed by atoms with van der Waals surface area (Å²) in [5.41, 5.74) is 0.487. The zero-order valence-corrected chi connectivity index (χ0v) is 14.2. The molecule has 2 rings (SSSR count). The molecule has 1 heterocycles. The van der Waals surface area contributed by atoms with Gasteiger partial charge in [-0.15, -0.1) is 0 Å². The molecule has 0 radical (unpaired) electrons. The second kappa shape index (κ2) is 7.46. The van der Waals surface area contributed by atoms with Crippen molar-refractivity contribution >= 4 is 0 Å². The quantitative estimate of drug-likeness (QED) is 0.826. The highest BCUT2D eigenvalue weighted by molar-refractivity contribution is 4.98. The molecule has 1 saturated carbocycles. The Hall–Kier alpha value is -0.800. The molecule has 1 aromatic heterocycles. The van der Waals surface area contributed by atoms with Crippen LogP contribution in [0.25, 0.3) is 0 Å². The van der Waals surface area contributed by atoms with Crippen LogP contribution in [0.2, 0.25) is 0 Å². The van der Waals surface area contributed by atoms with Crippen LogP contribution in [0.1, 0.15) is 52.7 Å². The number of rotatable bonds is 7. The summed E-state index contributed by atoms with van der Waals surface area (Å²) < 4.78 is 5.51. The van der Waals surface area contributed by atoms with E-state index in [0.29, 0.717) is 11.5 Å². The van der Waals surface area contributed by atoms with Gasteiger partial charge in [-0.05, 0) is 55.8 Å². The smallest absolute Gasteiger partial charge is 0.117 e. The van der Waals surface area contributed by atoms with Gasteiger partial charge in [-0.25, -0.2) is 0 Å². The predicted molar refractivity (Wildman–Crippen MR) is 88.2 cm³/mol. The molecule has 1 N–H and O–H groups in total. The Labute approximate surface area is 130 Å². The van der Waals surface area contributed by atoms with E-state index in [4.69, 9.17) is 4.42 Å². The van der Waals surface area contributed by atoms with Crippen molar-refractivity contribution in [2.24, 2.45) is 11.3 Å². The van der Waals surface area contributed by atoms with E-state index in [1.807, 2.05) is 6.07 Å². The van der Waals surface area contributed by atoms with Crippen molar-refractivity contribution in [3.8, 4) is 0 Å². The summed E-state index contributed by atoms with van der Waals surface area (Å²) in [6, 6.07) is 4.73. The Bertz CT molecular complexity index is 399. The van der Waals surface area contributed by atoms with Gasteiger partial charge in [0.25, 0.3) is 0 Å². The van der Waals surface area contributed by atoms with Gasteiger partial charge in [-0.2, -0.15) is 0 Å². The summed E-state index contributed by atoms with van der Waals surface area (Å²) in [5, 5.41) is 3.71. The summed E-state index contributed by atoms with van der Waals surface area (Å²) in [6.07, 6.45) is 5.74. The largest absolute Gasteiger partial charge is 0.468 e. The van der Waals surface area contributed by atoms with E-state index in [0.717, 1.165) is 37.9 Å². The normalized spacial score (nSPS) is 25.4. The van der Waals surface area contributed by atoms with Crippen LogP contribution in [0.4, 0.5) is 0 Å². The Kier molecular flexibility index (Phi) is 5.88. The zero-order chi connectivity index (χ0) is 15.3. The van der Waals surface area contributed by atoms with E-state index < -0.39 is 0 Å². The van der Waals surface area contributed by atoms with Crippen LogP contribution in [0.5, 0.6) is 0 Å². The molecule has 120 valence electrons.